The van der Waals surface area contributed by atoms with Crippen molar-refractivity contribution in [3.8, 4) is 0 Å². The molecule has 0 amide bonds. The first-order chi connectivity index (χ1) is 6.58. The predicted molar refractivity (Wildman–Crippen MR) is 47.6 cm³/mol. The maximum Gasteiger partial charge on any atom is 0.438 e. The summed E-state index contributed by atoms with van der Waals surface area (Å²) in [6.45, 7) is 0. The third kappa shape index (κ3) is 1.72. The van der Waals surface area contributed by atoms with E-state index in [2.05, 4.69) is 14.7 Å². The lowest BCUT2D eigenvalue weighted by atomic mass is 10.2. The number of sulfone groups is 1. The molecule has 1 aromatic heterocycles. The van der Waals surface area contributed by atoms with Crippen molar-refractivity contribution in [2.75, 3.05) is 5.75 Å². The van der Waals surface area contributed by atoms with Crippen LogP contribution in [0.4, 0.5) is 0 Å². The van der Waals surface area contributed by atoms with Crippen LogP contribution < -0.4 is 5.76 Å². The van der Waals surface area contributed by atoms with E-state index in [1.807, 2.05) is 0 Å². The third-order valence-electron chi connectivity index (χ3n) is 2.37. The Morgan fingerprint density at radius 1 is 1.57 bits per heavy atom. The Bertz CT molecular complexity index is 472. The number of H-pyrrole nitrogens is 1. The molecule has 0 saturated carbocycles. The maximum atomic E-state index is 11.4. The number of nitrogens with one attached hydrogen (secondary N) is 1. The van der Waals surface area contributed by atoms with Gasteiger partial charge in [-0.1, -0.05) is 5.16 Å². The van der Waals surface area contributed by atoms with E-state index in [-0.39, 0.29) is 12.2 Å². The minimum absolute atomic E-state index is 0.236. The van der Waals surface area contributed by atoms with E-state index in [4.69, 9.17) is 0 Å². The third-order valence-corrected chi connectivity index (χ3v) is 4.64. The second-order valence-corrected chi connectivity index (χ2v) is 5.78. The lowest BCUT2D eigenvalue weighted by molar-refractivity contribution is 0.380. The first-order valence-electron chi connectivity index (χ1n) is 4.34. The van der Waals surface area contributed by atoms with Gasteiger partial charge >= 0.3 is 5.76 Å². The Morgan fingerprint density at radius 3 is 2.86 bits per heavy atom. The lowest BCUT2D eigenvalue weighted by Crippen LogP contribution is -2.19. The Kier molecular flexibility index (Phi) is 2.18. The molecule has 1 N–H and O–H groups in total. The van der Waals surface area contributed by atoms with Crippen molar-refractivity contribution in [1.82, 2.24) is 10.1 Å². The summed E-state index contributed by atoms with van der Waals surface area (Å²) in [6.07, 6.45) is 1.57. The van der Waals surface area contributed by atoms with Crippen molar-refractivity contribution in [1.29, 1.82) is 0 Å². The molecule has 6 nitrogen and oxygen atoms in total. The largest absolute Gasteiger partial charge is 0.438 e. The van der Waals surface area contributed by atoms with Crippen LogP contribution >= 0.6 is 0 Å². The van der Waals surface area contributed by atoms with Gasteiger partial charge in [0, 0.05) is 6.42 Å². The van der Waals surface area contributed by atoms with Gasteiger partial charge in [-0.2, -0.15) is 0 Å². The molecule has 0 aliphatic carbocycles. The summed E-state index contributed by atoms with van der Waals surface area (Å²) in [5.41, 5.74) is 0. The fourth-order valence-electron chi connectivity index (χ4n) is 1.65. The first-order valence-corrected chi connectivity index (χ1v) is 6.06. The molecule has 1 fully saturated rings. The van der Waals surface area contributed by atoms with Gasteiger partial charge < -0.3 is 0 Å². The molecule has 1 saturated heterocycles. The first kappa shape index (κ1) is 9.45. The molecule has 1 atom stereocenters. The van der Waals surface area contributed by atoms with Crippen LogP contribution in [0.1, 0.15) is 18.7 Å². The monoisotopic (exact) mass is 218 g/mol. The molecule has 0 spiro atoms. The molecule has 1 aliphatic heterocycles. The highest BCUT2D eigenvalue weighted by atomic mass is 32.2. The van der Waals surface area contributed by atoms with E-state index in [1.54, 1.807) is 0 Å². The topological polar surface area (TPSA) is 93.0 Å². The Morgan fingerprint density at radius 2 is 2.36 bits per heavy atom. The molecular formula is C7H10N2O4S. The van der Waals surface area contributed by atoms with Crippen LogP contribution in [0, 0.1) is 0 Å². The van der Waals surface area contributed by atoms with Crippen molar-refractivity contribution in [2.45, 2.75) is 24.5 Å². The molecule has 1 aliphatic rings. The molecule has 0 aromatic carbocycles. The van der Waals surface area contributed by atoms with Crippen molar-refractivity contribution < 1.29 is 12.9 Å². The second kappa shape index (κ2) is 3.23. The Labute approximate surface area is 80.2 Å². The number of aromatic amines is 1. The Hall–Kier alpha value is -1.11. The Balaban J connectivity index is 2.16. The quantitative estimate of drug-likeness (QED) is 0.721. The fraction of sp³-hybridized carbons (Fsp3) is 0.714. The molecular weight excluding hydrogens is 208 g/mol. The zero-order chi connectivity index (χ0) is 10.2. The average Bonchev–Trinajstić information content (AvgIpc) is 2.61. The molecule has 2 heterocycles. The van der Waals surface area contributed by atoms with Gasteiger partial charge in [-0.05, 0) is 12.8 Å². The SMILES string of the molecule is O=c1[nH]c(CC2CCCS2(=O)=O)no1. The van der Waals surface area contributed by atoms with Gasteiger partial charge in [0.2, 0.25) is 0 Å². The van der Waals surface area contributed by atoms with Crippen LogP contribution in [-0.4, -0.2) is 29.6 Å². The van der Waals surface area contributed by atoms with E-state index < -0.39 is 20.8 Å². The highest BCUT2D eigenvalue weighted by Crippen LogP contribution is 2.22. The summed E-state index contributed by atoms with van der Waals surface area (Å²) < 4.78 is 27.1. The fourth-order valence-corrected chi connectivity index (χ4v) is 3.49. The standard InChI is InChI=1S/C7H10N2O4S/c10-7-8-6(9-13-7)4-5-2-1-3-14(5,11)12/h5H,1-4H2,(H,8,9,10). The normalized spacial score (nSPS) is 25.3. The van der Waals surface area contributed by atoms with Gasteiger partial charge in [0.05, 0.1) is 11.0 Å². The van der Waals surface area contributed by atoms with E-state index in [1.165, 1.54) is 0 Å². The van der Waals surface area contributed by atoms with Crippen molar-refractivity contribution >= 4 is 9.84 Å². The van der Waals surface area contributed by atoms with Gasteiger partial charge in [0.25, 0.3) is 0 Å². The number of hydrogen-bond donors (Lipinski definition) is 1. The summed E-state index contributed by atoms with van der Waals surface area (Å²) in [4.78, 5) is 12.9. The summed E-state index contributed by atoms with van der Waals surface area (Å²) in [6, 6.07) is 0. The van der Waals surface area contributed by atoms with Crippen LogP contribution in [0.25, 0.3) is 0 Å². The summed E-state index contributed by atoms with van der Waals surface area (Å²) in [5.74, 6) is -0.0967. The van der Waals surface area contributed by atoms with Gasteiger partial charge in [-0.15, -0.1) is 0 Å². The van der Waals surface area contributed by atoms with E-state index in [0.717, 1.165) is 0 Å². The van der Waals surface area contributed by atoms with Gasteiger partial charge in [0.15, 0.2) is 15.7 Å². The molecule has 1 aromatic rings. The summed E-state index contributed by atoms with van der Waals surface area (Å²) >= 11 is 0. The minimum atomic E-state index is -2.98. The number of hydrogen-bond acceptors (Lipinski definition) is 5. The molecule has 1 unspecified atom stereocenters. The summed E-state index contributed by atoms with van der Waals surface area (Å²) in [7, 11) is -2.98. The maximum absolute atomic E-state index is 11.4. The average molecular weight is 218 g/mol. The number of aromatic nitrogens is 2. The zero-order valence-electron chi connectivity index (χ0n) is 7.39. The van der Waals surface area contributed by atoms with Crippen LogP contribution in [-0.2, 0) is 16.3 Å². The second-order valence-electron chi connectivity index (χ2n) is 3.38. The minimum Gasteiger partial charge on any atom is -0.296 e. The molecule has 0 bridgehead atoms. The van der Waals surface area contributed by atoms with Crippen LogP contribution in [0.3, 0.4) is 0 Å². The highest BCUT2D eigenvalue weighted by molar-refractivity contribution is 7.92. The van der Waals surface area contributed by atoms with E-state index >= 15 is 0 Å². The van der Waals surface area contributed by atoms with Crippen molar-refractivity contribution in [3.63, 3.8) is 0 Å². The smallest absolute Gasteiger partial charge is 0.296 e. The molecule has 14 heavy (non-hydrogen) atoms. The molecule has 78 valence electrons. The van der Waals surface area contributed by atoms with Crippen molar-refractivity contribution in [3.05, 3.63) is 16.4 Å². The van der Waals surface area contributed by atoms with Crippen molar-refractivity contribution in [2.24, 2.45) is 0 Å². The van der Waals surface area contributed by atoms with Gasteiger partial charge in [0.1, 0.15) is 0 Å². The lowest BCUT2D eigenvalue weighted by Gasteiger charge is -2.04. The van der Waals surface area contributed by atoms with E-state index in [9.17, 15) is 13.2 Å². The number of rotatable bonds is 2. The van der Waals surface area contributed by atoms with Crippen LogP contribution in [0.2, 0.25) is 0 Å². The molecule has 2 rings (SSSR count). The number of nitrogens with zero attached hydrogens (tertiary/aromatic N) is 1. The van der Waals surface area contributed by atoms with Crippen LogP contribution in [0.5, 0.6) is 0 Å². The van der Waals surface area contributed by atoms with Crippen LogP contribution in [0.15, 0.2) is 9.32 Å². The predicted octanol–water partition coefficient (Wildman–Crippen LogP) is -0.517. The van der Waals surface area contributed by atoms with Gasteiger partial charge in [-0.3, -0.25) is 9.51 Å². The van der Waals surface area contributed by atoms with Gasteiger partial charge in [-0.25, -0.2) is 13.2 Å². The summed E-state index contributed by atoms with van der Waals surface area (Å²) in [5, 5.41) is 3.02. The molecule has 7 heteroatoms. The zero-order valence-corrected chi connectivity index (χ0v) is 8.21. The molecule has 0 radical (unpaired) electrons. The highest BCUT2D eigenvalue weighted by Gasteiger charge is 2.32. The van der Waals surface area contributed by atoms with E-state index in [0.29, 0.717) is 18.7 Å².